The van der Waals surface area contributed by atoms with Gasteiger partial charge in [-0.1, -0.05) is 44.2 Å². The normalized spacial score (nSPS) is 18.4. The Labute approximate surface area is 207 Å². The van der Waals surface area contributed by atoms with Crippen molar-refractivity contribution >= 4 is 15.9 Å². The summed E-state index contributed by atoms with van der Waals surface area (Å²) in [5, 5.41) is 26.8. The molecule has 0 unspecified atom stereocenters. The highest BCUT2D eigenvalue weighted by atomic mass is 32.2. The second-order valence-electron chi connectivity index (χ2n) is 9.16. The first-order chi connectivity index (χ1) is 16.7. The van der Waals surface area contributed by atoms with Crippen LogP contribution in [-0.2, 0) is 26.0 Å². The quantitative estimate of drug-likeness (QED) is 0.360. The summed E-state index contributed by atoms with van der Waals surface area (Å²) >= 11 is 0. The van der Waals surface area contributed by atoms with Crippen LogP contribution in [-0.4, -0.2) is 79.9 Å². The predicted molar refractivity (Wildman–Crippen MR) is 132 cm³/mol. The molecule has 35 heavy (non-hydrogen) atoms. The first-order valence-electron chi connectivity index (χ1n) is 11.8. The molecule has 1 amide bonds. The van der Waals surface area contributed by atoms with Crippen LogP contribution in [0.25, 0.3) is 0 Å². The molecule has 0 spiro atoms. The molecule has 1 aliphatic rings. The third-order valence-corrected chi connectivity index (χ3v) is 7.61. The van der Waals surface area contributed by atoms with Crippen molar-refractivity contribution < 1.29 is 28.2 Å². The van der Waals surface area contributed by atoms with Gasteiger partial charge in [0.05, 0.1) is 30.3 Å². The van der Waals surface area contributed by atoms with Gasteiger partial charge in [-0.15, -0.1) is 0 Å². The van der Waals surface area contributed by atoms with Gasteiger partial charge < -0.3 is 25.6 Å². The molecule has 1 saturated heterocycles. The molecule has 192 valence electrons. The van der Waals surface area contributed by atoms with Gasteiger partial charge in [0.1, 0.15) is 11.8 Å². The zero-order chi connectivity index (χ0) is 25.4. The van der Waals surface area contributed by atoms with Gasteiger partial charge in [-0.05, 0) is 42.2 Å². The van der Waals surface area contributed by atoms with Gasteiger partial charge >= 0.3 is 0 Å². The van der Waals surface area contributed by atoms with Crippen molar-refractivity contribution in [3.8, 4) is 5.75 Å². The Morgan fingerprint density at radius 1 is 1.14 bits per heavy atom. The van der Waals surface area contributed by atoms with Crippen molar-refractivity contribution in [3.63, 3.8) is 0 Å². The number of carbonyl (C=O) groups is 1. The number of aromatic hydroxyl groups is 1. The number of hydrogen-bond acceptors (Lipinski definition) is 7. The molecule has 1 heterocycles. The molecular formula is C25H35N3O6S. The van der Waals surface area contributed by atoms with Gasteiger partial charge in [-0.25, -0.2) is 8.42 Å². The van der Waals surface area contributed by atoms with Crippen LogP contribution < -0.4 is 10.6 Å². The van der Waals surface area contributed by atoms with Gasteiger partial charge in [0, 0.05) is 19.6 Å². The number of benzene rings is 2. The molecular weight excluding hydrogens is 470 g/mol. The van der Waals surface area contributed by atoms with Crippen LogP contribution in [0.3, 0.4) is 0 Å². The molecule has 10 heteroatoms. The average molecular weight is 506 g/mol. The van der Waals surface area contributed by atoms with E-state index in [1.807, 2.05) is 44.2 Å². The zero-order valence-corrected chi connectivity index (χ0v) is 20.9. The Bertz CT molecular complexity index is 1040. The lowest BCUT2D eigenvalue weighted by atomic mass is 10.0. The van der Waals surface area contributed by atoms with Gasteiger partial charge in [-0.2, -0.15) is 4.31 Å². The zero-order valence-electron chi connectivity index (χ0n) is 20.1. The molecule has 0 saturated carbocycles. The first-order valence-corrected chi connectivity index (χ1v) is 13.2. The summed E-state index contributed by atoms with van der Waals surface area (Å²) in [5.41, 5.74) is 0.904. The van der Waals surface area contributed by atoms with Gasteiger partial charge in [0.2, 0.25) is 15.9 Å². The first kappa shape index (κ1) is 27.1. The van der Waals surface area contributed by atoms with Crippen LogP contribution in [0.15, 0.2) is 59.5 Å². The average Bonchev–Trinajstić information content (AvgIpc) is 2.84. The van der Waals surface area contributed by atoms with E-state index in [0.717, 1.165) is 5.56 Å². The van der Waals surface area contributed by atoms with Crippen LogP contribution >= 0.6 is 0 Å². The van der Waals surface area contributed by atoms with E-state index in [1.54, 1.807) is 0 Å². The lowest BCUT2D eigenvalue weighted by Crippen LogP contribution is -2.57. The number of sulfonamides is 1. The summed E-state index contributed by atoms with van der Waals surface area (Å²) in [6, 6.07) is 13.5. The Morgan fingerprint density at radius 3 is 2.43 bits per heavy atom. The fourth-order valence-corrected chi connectivity index (χ4v) is 5.57. The standard InChI is InChI=1S/C25H35N3O6S/c1-18(2)15-28(35(32,33)21-10-8-20(29)9-11-21)16-24(30)22(14-19-6-4-3-5-7-19)27-25(31)23-17-34-13-12-26-23/h3-11,18,22-24,26,29-30H,12-17H2,1-2H3,(H,27,31)/t22-,23-,24+/m0/s1. The number of amides is 1. The maximum absolute atomic E-state index is 13.4. The highest BCUT2D eigenvalue weighted by Gasteiger charge is 2.32. The van der Waals surface area contributed by atoms with Gasteiger partial charge in [-0.3, -0.25) is 4.79 Å². The van der Waals surface area contributed by atoms with Crippen LogP contribution in [0.5, 0.6) is 5.75 Å². The predicted octanol–water partition coefficient (Wildman–Crippen LogP) is 1.12. The van der Waals surface area contributed by atoms with E-state index in [2.05, 4.69) is 10.6 Å². The molecule has 1 fully saturated rings. The summed E-state index contributed by atoms with van der Waals surface area (Å²) in [7, 11) is -3.95. The van der Waals surface area contributed by atoms with Crippen LogP contribution in [0.2, 0.25) is 0 Å². The summed E-state index contributed by atoms with van der Waals surface area (Å²) in [5.74, 6) is -0.341. The summed E-state index contributed by atoms with van der Waals surface area (Å²) in [4.78, 5) is 12.9. The number of ether oxygens (including phenoxy) is 1. The maximum atomic E-state index is 13.4. The fourth-order valence-electron chi connectivity index (χ4n) is 3.95. The topological polar surface area (TPSA) is 128 Å². The van der Waals surface area contributed by atoms with E-state index in [-0.39, 0.29) is 42.2 Å². The summed E-state index contributed by atoms with van der Waals surface area (Å²) in [6.07, 6.45) is -0.842. The monoisotopic (exact) mass is 505 g/mol. The Morgan fingerprint density at radius 2 is 1.83 bits per heavy atom. The third-order valence-electron chi connectivity index (χ3n) is 5.76. The second kappa shape index (κ2) is 12.5. The molecule has 2 aromatic rings. The molecule has 2 aromatic carbocycles. The molecule has 0 bridgehead atoms. The Hall–Kier alpha value is -2.50. The summed E-state index contributed by atoms with van der Waals surface area (Å²) in [6.45, 7) is 5.08. The number of phenolic OH excluding ortho intramolecular Hbond substituents is 1. The number of morpholine rings is 1. The van der Waals surface area contributed by atoms with Crippen molar-refractivity contribution in [2.45, 2.75) is 43.4 Å². The van der Waals surface area contributed by atoms with E-state index >= 15 is 0 Å². The summed E-state index contributed by atoms with van der Waals surface area (Å²) < 4.78 is 33.4. The maximum Gasteiger partial charge on any atom is 0.243 e. The van der Waals surface area contributed by atoms with E-state index < -0.39 is 28.2 Å². The van der Waals surface area contributed by atoms with Gasteiger partial charge in [0.25, 0.3) is 0 Å². The number of nitrogens with one attached hydrogen (secondary N) is 2. The van der Waals surface area contributed by atoms with Crippen molar-refractivity contribution in [2.75, 3.05) is 32.8 Å². The minimum atomic E-state index is -3.95. The molecule has 0 aliphatic carbocycles. The molecule has 1 aliphatic heterocycles. The lowest BCUT2D eigenvalue weighted by Gasteiger charge is -2.32. The molecule has 3 rings (SSSR count). The molecule has 0 radical (unpaired) electrons. The van der Waals surface area contributed by atoms with Crippen molar-refractivity contribution in [1.29, 1.82) is 0 Å². The van der Waals surface area contributed by atoms with Gasteiger partial charge in [0.15, 0.2) is 0 Å². The molecule has 9 nitrogen and oxygen atoms in total. The number of hydrogen-bond donors (Lipinski definition) is 4. The van der Waals surface area contributed by atoms with E-state index in [0.29, 0.717) is 19.6 Å². The minimum Gasteiger partial charge on any atom is -0.508 e. The Balaban J connectivity index is 1.82. The minimum absolute atomic E-state index is 0.000146. The SMILES string of the molecule is CC(C)CN(C[C@@H](O)[C@H](Cc1ccccc1)NC(=O)[C@@H]1COCCN1)S(=O)(=O)c1ccc(O)cc1. The van der Waals surface area contributed by atoms with E-state index in [1.165, 1.54) is 28.6 Å². The smallest absolute Gasteiger partial charge is 0.243 e. The number of aliphatic hydroxyl groups is 1. The van der Waals surface area contributed by atoms with Crippen LogP contribution in [0.4, 0.5) is 0 Å². The largest absolute Gasteiger partial charge is 0.508 e. The van der Waals surface area contributed by atoms with Crippen LogP contribution in [0, 0.1) is 5.92 Å². The highest BCUT2D eigenvalue weighted by molar-refractivity contribution is 7.89. The number of aliphatic hydroxyl groups excluding tert-OH is 1. The lowest BCUT2D eigenvalue weighted by molar-refractivity contribution is -0.127. The van der Waals surface area contributed by atoms with Crippen LogP contribution in [0.1, 0.15) is 19.4 Å². The van der Waals surface area contributed by atoms with Crippen molar-refractivity contribution in [2.24, 2.45) is 5.92 Å². The Kier molecular flexibility index (Phi) is 9.64. The molecule has 0 aromatic heterocycles. The van der Waals surface area contributed by atoms with E-state index in [9.17, 15) is 23.4 Å². The van der Waals surface area contributed by atoms with Crippen molar-refractivity contribution in [3.05, 3.63) is 60.2 Å². The number of nitrogens with zero attached hydrogens (tertiary/aromatic N) is 1. The van der Waals surface area contributed by atoms with Crippen molar-refractivity contribution in [1.82, 2.24) is 14.9 Å². The second-order valence-corrected chi connectivity index (χ2v) is 11.1. The van der Waals surface area contributed by atoms with E-state index in [4.69, 9.17) is 4.74 Å². The number of rotatable bonds is 11. The fraction of sp³-hybridized carbons (Fsp3) is 0.480. The molecule has 3 atom stereocenters. The third kappa shape index (κ3) is 7.74. The highest BCUT2D eigenvalue weighted by Crippen LogP contribution is 2.21. The number of carbonyl (C=O) groups excluding carboxylic acids is 1. The number of phenols is 1. The molecule has 4 N–H and O–H groups in total.